The predicted octanol–water partition coefficient (Wildman–Crippen LogP) is -4.49. The third-order valence-corrected chi connectivity index (χ3v) is 1.28. The zero-order valence-electron chi connectivity index (χ0n) is 10.1. The molecule has 0 amide bonds. The molecule has 1 heterocycles. The Hall–Kier alpha value is -0.534. The molecule has 0 spiro atoms. The Labute approximate surface area is 144 Å². The van der Waals surface area contributed by atoms with Crippen molar-refractivity contribution in [3.05, 3.63) is 0 Å². The van der Waals surface area contributed by atoms with Gasteiger partial charge in [-0.3, -0.25) is 9.79 Å². The number of hydrogen-bond acceptors (Lipinski definition) is 9. The van der Waals surface area contributed by atoms with Crippen LogP contribution in [0.5, 0.6) is 0 Å². The number of carbonyl (C=O) groups is 1. The Morgan fingerprint density at radius 3 is 1.50 bits per heavy atom. The minimum Gasteiger partial charge on any atom is -1.00 e. The molecule has 0 aromatic carbocycles. The third-order valence-electron chi connectivity index (χ3n) is 0.884. The van der Waals surface area contributed by atoms with Crippen molar-refractivity contribution in [3.63, 3.8) is 0 Å². The Morgan fingerprint density at radius 2 is 1.39 bits per heavy atom. The molecule has 1 aromatic rings. The van der Waals surface area contributed by atoms with E-state index >= 15 is 0 Å². The minimum absolute atomic E-state index is 0. The van der Waals surface area contributed by atoms with Crippen molar-refractivity contribution in [2.24, 2.45) is 0 Å². The van der Waals surface area contributed by atoms with Gasteiger partial charge >= 0.3 is 65.4 Å². The second-order valence-corrected chi connectivity index (χ2v) is 3.42. The Bertz CT molecular complexity index is 407. The number of phosphoric acid groups is 1. The van der Waals surface area contributed by atoms with Gasteiger partial charge in [0, 0.05) is 0 Å². The molecule has 0 aliphatic carbocycles. The number of hydrogen-bond donors (Lipinski definition) is 6. The molecule has 0 unspecified atom stereocenters. The molecule has 9 N–H and O–H groups in total. The molecule has 14 heteroatoms. The van der Waals surface area contributed by atoms with Crippen LogP contribution in [0.3, 0.4) is 0 Å². The first-order chi connectivity index (χ1) is 7.60. The SMILES string of the molecule is Nc1nc(N)nc(N)n1.O=C(O)OP(=O)(O)O.[H-].[K+]. The van der Waals surface area contributed by atoms with E-state index in [0.717, 1.165) is 0 Å². The summed E-state index contributed by atoms with van der Waals surface area (Å²) in [6, 6.07) is 0. The molecule has 0 radical (unpaired) electrons. The molecule has 0 saturated carbocycles. The molecule has 18 heavy (non-hydrogen) atoms. The van der Waals surface area contributed by atoms with Crippen molar-refractivity contribution in [2.45, 2.75) is 0 Å². The van der Waals surface area contributed by atoms with Crippen molar-refractivity contribution < 1.29 is 81.6 Å². The van der Waals surface area contributed by atoms with E-state index in [4.69, 9.17) is 32.1 Å². The first-order valence-electron chi connectivity index (χ1n) is 3.60. The van der Waals surface area contributed by atoms with Gasteiger partial charge in [-0.2, -0.15) is 15.0 Å². The van der Waals surface area contributed by atoms with Gasteiger partial charge in [0.05, 0.1) is 0 Å². The quantitative estimate of drug-likeness (QED) is 0.213. The number of nitrogens with two attached hydrogens (primary N) is 3. The first-order valence-corrected chi connectivity index (χ1v) is 5.13. The normalized spacial score (nSPS) is 9.44. The van der Waals surface area contributed by atoms with Crippen molar-refractivity contribution in [1.29, 1.82) is 0 Å². The van der Waals surface area contributed by atoms with Crippen LogP contribution in [0.4, 0.5) is 22.6 Å². The van der Waals surface area contributed by atoms with Crippen LogP contribution < -0.4 is 68.6 Å². The zero-order chi connectivity index (χ0) is 13.6. The molecule has 0 aliphatic heterocycles. The van der Waals surface area contributed by atoms with Crippen LogP contribution in [0.1, 0.15) is 1.43 Å². The number of nitrogens with zero attached hydrogens (tertiary/aromatic N) is 3. The molecule has 1 aromatic heterocycles. The van der Waals surface area contributed by atoms with Crippen LogP contribution in [-0.4, -0.2) is 36.0 Å². The standard InChI is InChI=1S/C3H6N6.CH3O6P.K.H/c4-1-7-2(5)9-3(6)8-1;2-1(3)7-8(4,5)6;;/h(H6,4,5,6,7,8,9);(H,2,3)(H2,4,5,6);;/q;;+1;-1. The summed E-state index contributed by atoms with van der Waals surface area (Å²) in [6.45, 7) is 0. The summed E-state index contributed by atoms with van der Waals surface area (Å²) < 4.78 is 12.6. The second-order valence-electron chi connectivity index (χ2n) is 2.26. The van der Waals surface area contributed by atoms with Gasteiger partial charge in [0.25, 0.3) is 0 Å². The number of anilines is 3. The van der Waals surface area contributed by atoms with Gasteiger partial charge in [0.1, 0.15) is 0 Å². The van der Waals surface area contributed by atoms with E-state index in [2.05, 4.69) is 19.5 Å². The van der Waals surface area contributed by atoms with Gasteiger partial charge < -0.3 is 28.3 Å². The predicted molar refractivity (Wildman–Crippen MR) is 55.3 cm³/mol. The van der Waals surface area contributed by atoms with Gasteiger partial charge in [-0.25, -0.2) is 9.36 Å². The summed E-state index contributed by atoms with van der Waals surface area (Å²) in [6.07, 6.45) is -1.99. The van der Waals surface area contributed by atoms with E-state index in [9.17, 15) is 9.36 Å². The van der Waals surface area contributed by atoms with E-state index in [1.807, 2.05) is 0 Å². The molecule has 0 saturated heterocycles. The van der Waals surface area contributed by atoms with Gasteiger partial charge in [-0.05, 0) is 0 Å². The Kier molecular flexibility index (Phi) is 9.40. The smallest absolute Gasteiger partial charge is 1.00 e. The molecule has 12 nitrogen and oxygen atoms in total. The summed E-state index contributed by atoms with van der Waals surface area (Å²) >= 11 is 0. The number of rotatable bonds is 1. The fourth-order valence-corrected chi connectivity index (χ4v) is 0.732. The maximum atomic E-state index is 9.53. The van der Waals surface area contributed by atoms with E-state index in [1.54, 1.807) is 0 Å². The van der Waals surface area contributed by atoms with Crippen molar-refractivity contribution in [1.82, 2.24) is 15.0 Å². The fourth-order valence-electron chi connectivity index (χ4n) is 0.529. The van der Waals surface area contributed by atoms with E-state index in [1.165, 1.54) is 0 Å². The van der Waals surface area contributed by atoms with E-state index < -0.39 is 14.0 Å². The fraction of sp³-hybridized carbons (Fsp3) is 0. The maximum Gasteiger partial charge on any atom is 1.00 e. The van der Waals surface area contributed by atoms with Gasteiger partial charge in [0.2, 0.25) is 17.8 Å². The number of aromatic nitrogens is 3. The molecule has 0 atom stereocenters. The number of nitrogen functional groups attached to an aromatic ring is 3. The third kappa shape index (κ3) is 11.9. The topological polar surface area (TPSA) is 221 Å². The van der Waals surface area contributed by atoms with Crippen molar-refractivity contribution in [2.75, 3.05) is 17.2 Å². The Morgan fingerprint density at radius 1 is 1.11 bits per heavy atom. The summed E-state index contributed by atoms with van der Waals surface area (Å²) in [7, 11) is -4.82. The number of phosphoric ester groups is 1. The minimum atomic E-state index is -4.82. The molecule has 1 rings (SSSR count). The van der Waals surface area contributed by atoms with E-state index in [-0.39, 0.29) is 70.7 Å². The van der Waals surface area contributed by atoms with Crippen LogP contribution >= 0.6 is 7.82 Å². The first kappa shape index (κ1) is 19.8. The average Bonchev–Trinajstić information content (AvgIpc) is 1.95. The van der Waals surface area contributed by atoms with Gasteiger partial charge in [-0.1, -0.05) is 0 Å². The molecular weight excluding hydrogens is 298 g/mol. The summed E-state index contributed by atoms with van der Waals surface area (Å²) in [5, 5.41) is 7.53. The average molecular weight is 308 g/mol. The van der Waals surface area contributed by atoms with Crippen LogP contribution in [0.2, 0.25) is 0 Å². The van der Waals surface area contributed by atoms with Crippen molar-refractivity contribution in [3.8, 4) is 0 Å². The molecule has 0 bridgehead atoms. The van der Waals surface area contributed by atoms with Crippen LogP contribution in [0.15, 0.2) is 0 Å². The largest absolute Gasteiger partial charge is 1.00 e. The molecule has 98 valence electrons. The molecule has 0 aliphatic rings. The summed E-state index contributed by atoms with van der Waals surface area (Å²) in [5.41, 5.74) is 15.4. The van der Waals surface area contributed by atoms with E-state index in [0.29, 0.717) is 0 Å². The number of carboxylic acid groups (broad SMARTS) is 1. The van der Waals surface area contributed by atoms with Crippen LogP contribution in [-0.2, 0) is 9.09 Å². The van der Waals surface area contributed by atoms with Crippen LogP contribution in [0.25, 0.3) is 0 Å². The van der Waals surface area contributed by atoms with Crippen molar-refractivity contribution >= 4 is 31.8 Å². The van der Waals surface area contributed by atoms with Crippen LogP contribution in [0, 0.1) is 0 Å². The summed E-state index contributed by atoms with van der Waals surface area (Å²) in [5.74, 6) is 0.125. The molecule has 0 fully saturated rings. The zero-order valence-corrected chi connectivity index (χ0v) is 13.1. The van der Waals surface area contributed by atoms with Gasteiger partial charge in [0.15, 0.2) is 0 Å². The monoisotopic (exact) mass is 308 g/mol. The molecular formula is C4H10KN6O6P. The maximum absolute atomic E-state index is 9.53. The van der Waals surface area contributed by atoms with Gasteiger partial charge in [-0.15, -0.1) is 0 Å². The Balaban J connectivity index is -0.000000246. The summed E-state index contributed by atoms with van der Waals surface area (Å²) in [4.78, 5) is 35.2. The second kappa shape index (κ2) is 8.55.